The van der Waals surface area contributed by atoms with Gasteiger partial charge in [0.2, 0.25) is 0 Å². The summed E-state index contributed by atoms with van der Waals surface area (Å²) < 4.78 is 5.50. The molecule has 1 fully saturated rings. The Morgan fingerprint density at radius 3 is 2.44 bits per heavy atom. The lowest BCUT2D eigenvalue weighted by Crippen LogP contribution is -2.16. The van der Waals surface area contributed by atoms with Crippen molar-refractivity contribution in [2.45, 2.75) is 32.2 Å². The van der Waals surface area contributed by atoms with Crippen LogP contribution in [-0.2, 0) is 10.3 Å². The smallest absolute Gasteiger partial charge is 0.129 e. The summed E-state index contributed by atoms with van der Waals surface area (Å²) >= 11 is 0. The van der Waals surface area contributed by atoms with Crippen LogP contribution in [0.4, 0.5) is 0 Å². The third-order valence-corrected chi connectivity index (χ3v) is 3.52. The fourth-order valence-corrected chi connectivity index (χ4v) is 2.08. The van der Waals surface area contributed by atoms with E-state index in [1.54, 1.807) is 0 Å². The lowest BCUT2D eigenvalue weighted by atomic mass is 9.97. The monoisotopic (exact) mass is 230 g/mol. The summed E-state index contributed by atoms with van der Waals surface area (Å²) in [6.45, 7) is 9.73. The topological polar surface area (TPSA) is 12.5 Å². The van der Waals surface area contributed by atoms with Crippen LogP contribution in [0, 0.1) is 11.5 Å². The summed E-state index contributed by atoms with van der Waals surface area (Å²) in [4.78, 5) is 0. The molecule has 1 saturated heterocycles. The predicted molar refractivity (Wildman–Crippen MR) is 70.0 cm³/mol. The highest BCUT2D eigenvalue weighted by molar-refractivity contribution is 6.83. The SMILES string of the molecule is CC1(c2ccccc2C#C[Si](C)(C)C)CO1. The molecule has 2 heteroatoms. The fraction of sp³-hybridized carbons (Fsp3) is 0.429. The highest BCUT2D eigenvalue weighted by Gasteiger charge is 2.42. The molecule has 1 aliphatic heterocycles. The Morgan fingerprint density at radius 1 is 1.25 bits per heavy atom. The molecule has 1 heterocycles. The lowest BCUT2D eigenvalue weighted by Gasteiger charge is -2.09. The zero-order valence-corrected chi connectivity index (χ0v) is 11.4. The second-order valence-electron chi connectivity index (χ2n) is 5.57. The first-order chi connectivity index (χ1) is 7.41. The van der Waals surface area contributed by atoms with Crippen LogP contribution in [0.3, 0.4) is 0 Å². The van der Waals surface area contributed by atoms with Crippen molar-refractivity contribution in [2.24, 2.45) is 0 Å². The first-order valence-corrected chi connectivity index (χ1v) is 9.17. The normalized spacial score (nSPS) is 23.5. The number of epoxide rings is 1. The molecule has 0 bridgehead atoms. The second-order valence-corrected chi connectivity index (χ2v) is 10.3. The Kier molecular flexibility index (Phi) is 2.69. The van der Waals surface area contributed by atoms with E-state index >= 15 is 0 Å². The number of hydrogen-bond acceptors (Lipinski definition) is 1. The molecule has 84 valence electrons. The molecule has 1 aliphatic rings. The molecular weight excluding hydrogens is 212 g/mol. The maximum absolute atomic E-state index is 5.50. The van der Waals surface area contributed by atoms with Crippen molar-refractivity contribution < 1.29 is 4.74 Å². The molecule has 1 nitrogen and oxygen atoms in total. The van der Waals surface area contributed by atoms with Crippen molar-refractivity contribution >= 4 is 8.07 Å². The number of benzene rings is 1. The van der Waals surface area contributed by atoms with Gasteiger partial charge in [-0.1, -0.05) is 43.8 Å². The summed E-state index contributed by atoms with van der Waals surface area (Å²) in [6, 6.07) is 8.32. The molecule has 2 rings (SSSR count). The zero-order chi connectivity index (χ0) is 11.8. The summed E-state index contributed by atoms with van der Waals surface area (Å²) in [5.41, 5.74) is 5.70. The van der Waals surface area contributed by atoms with Crippen molar-refractivity contribution in [1.82, 2.24) is 0 Å². The number of hydrogen-bond donors (Lipinski definition) is 0. The molecule has 1 aromatic carbocycles. The van der Waals surface area contributed by atoms with Crippen LogP contribution in [0.2, 0.25) is 19.6 Å². The van der Waals surface area contributed by atoms with Crippen LogP contribution < -0.4 is 0 Å². The average Bonchev–Trinajstić information content (AvgIpc) is 2.94. The van der Waals surface area contributed by atoms with Crippen LogP contribution in [0.15, 0.2) is 24.3 Å². The van der Waals surface area contributed by atoms with E-state index in [9.17, 15) is 0 Å². The largest absolute Gasteiger partial charge is 0.365 e. The van der Waals surface area contributed by atoms with Gasteiger partial charge in [0.05, 0.1) is 6.61 Å². The third-order valence-electron chi connectivity index (χ3n) is 2.65. The van der Waals surface area contributed by atoms with Gasteiger partial charge < -0.3 is 4.74 Å². The molecule has 0 radical (unpaired) electrons. The Bertz CT molecular complexity index is 456. The first kappa shape index (κ1) is 11.4. The average molecular weight is 230 g/mol. The Labute approximate surface area is 98.8 Å². The van der Waals surface area contributed by atoms with Gasteiger partial charge in [0.25, 0.3) is 0 Å². The van der Waals surface area contributed by atoms with Crippen molar-refractivity contribution in [3.8, 4) is 11.5 Å². The van der Waals surface area contributed by atoms with Crippen molar-refractivity contribution in [2.75, 3.05) is 6.61 Å². The van der Waals surface area contributed by atoms with E-state index in [1.807, 2.05) is 6.07 Å². The number of ether oxygens (including phenoxy) is 1. The molecular formula is C14H18OSi. The summed E-state index contributed by atoms with van der Waals surface area (Å²) in [6.07, 6.45) is 0. The molecule has 1 atom stereocenters. The fourth-order valence-electron chi connectivity index (χ4n) is 1.57. The molecule has 16 heavy (non-hydrogen) atoms. The highest BCUT2D eigenvalue weighted by atomic mass is 28.3. The molecule has 0 aromatic heterocycles. The minimum absolute atomic E-state index is 0.0787. The van der Waals surface area contributed by atoms with E-state index in [4.69, 9.17) is 4.74 Å². The van der Waals surface area contributed by atoms with E-state index in [0.29, 0.717) is 0 Å². The Balaban J connectivity index is 2.37. The zero-order valence-electron chi connectivity index (χ0n) is 10.4. The Hall–Kier alpha value is -1.04. The number of rotatable bonds is 1. The van der Waals surface area contributed by atoms with Crippen LogP contribution >= 0.6 is 0 Å². The van der Waals surface area contributed by atoms with Gasteiger partial charge in [-0.15, -0.1) is 5.54 Å². The van der Waals surface area contributed by atoms with Gasteiger partial charge in [0.1, 0.15) is 13.7 Å². The van der Waals surface area contributed by atoms with Gasteiger partial charge in [-0.2, -0.15) is 0 Å². The van der Waals surface area contributed by atoms with Gasteiger partial charge in [-0.3, -0.25) is 0 Å². The minimum atomic E-state index is -1.30. The quantitative estimate of drug-likeness (QED) is 0.410. The van der Waals surface area contributed by atoms with Crippen LogP contribution in [-0.4, -0.2) is 14.7 Å². The van der Waals surface area contributed by atoms with Crippen LogP contribution in [0.1, 0.15) is 18.1 Å². The highest BCUT2D eigenvalue weighted by Crippen LogP contribution is 2.39. The molecule has 0 N–H and O–H groups in total. The molecule has 0 aliphatic carbocycles. The third kappa shape index (κ3) is 2.55. The van der Waals surface area contributed by atoms with Crippen molar-refractivity contribution in [1.29, 1.82) is 0 Å². The van der Waals surface area contributed by atoms with Gasteiger partial charge in [0, 0.05) is 11.1 Å². The van der Waals surface area contributed by atoms with E-state index in [-0.39, 0.29) is 5.60 Å². The maximum atomic E-state index is 5.50. The van der Waals surface area contributed by atoms with Crippen LogP contribution in [0.25, 0.3) is 0 Å². The standard InChI is InChI=1S/C14H18OSi/c1-14(11-15-14)13-8-6-5-7-12(13)9-10-16(2,3)4/h5-8H,11H2,1-4H3. The Morgan fingerprint density at radius 2 is 1.88 bits per heavy atom. The molecule has 0 saturated carbocycles. The summed E-state index contributed by atoms with van der Waals surface area (Å²) in [7, 11) is -1.30. The van der Waals surface area contributed by atoms with Crippen molar-refractivity contribution in [3.63, 3.8) is 0 Å². The van der Waals surface area contributed by atoms with Gasteiger partial charge in [-0.25, -0.2) is 0 Å². The van der Waals surface area contributed by atoms with Crippen LogP contribution in [0.5, 0.6) is 0 Å². The van der Waals surface area contributed by atoms with Gasteiger partial charge in [-0.05, 0) is 13.0 Å². The van der Waals surface area contributed by atoms with Crippen molar-refractivity contribution in [3.05, 3.63) is 35.4 Å². The first-order valence-electron chi connectivity index (χ1n) is 5.67. The maximum Gasteiger partial charge on any atom is 0.129 e. The summed E-state index contributed by atoms with van der Waals surface area (Å²) in [5.74, 6) is 3.33. The van der Waals surface area contributed by atoms with Gasteiger partial charge in [0.15, 0.2) is 0 Å². The molecule has 1 aromatic rings. The molecule has 0 spiro atoms. The summed E-state index contributed by atoms with van der Waals surface area (Å²) in [5, 5.41) is 0. The van der Waals surface area contributed by atoms with E-state index in [1.165, 1.54) is 5.56 Å². The van der Waals surface area contributed by atoms with Gasteiger partial charge >= 0.3 is 0 Å². The van der Waals surface area contributed by atoms with E-state index in [2.05, 4.69) is 56.2 Å². The lowest BCUT2D eigenvalue weighted by molar-refractivity contribution is 0.329. The predicted octanol–water partition coefficient (Wildman–Crippen LogP) is 3.16. The molecule has 0 amide bonds. The molecule has 1 unspecified atom stereocenters. The second kappa shape index (κ2) is 3.76. The van der Waals surface area contributed by atoms with E-state index in [0.717, 1.165) is 12.2 Å². The van der Waals surface area contributed by atoms with E-state index < -0.39 is 8.07 Å². The minimum Gasteiger partial charge on any atom is -0.365 e.